The Balaban J connectivity index is 2.13. The maximum Gasteiger partial charge on any atom is 0.165 e. The summed E-state index contributed by atoms with van der Waals surface area (Å²) in [5.41, 5.74) is 1.87. The van der Waals surface area contributed by atoms with Gasteiger partial charge < -0.3 is 4.74 Å². The van der Waals surface area contributed by atoms with E-state index in [-0.39, 0.29) is 5.92 Å². The van der Waals surface area contributed by atoms with E-state index in [1.807, 2.05) is 25.1 Å². The van der Waals surface area contributed by atoms with Crippen molar-refractivity contribution < 1.29 is 9.53 Å². The zero-order valence-corrected chi connectivity index (χ0v) is 12.4. The summed E-state index contributed by atoms with van der Waals surface area (Å²) in [6.07, 6.45) is 3.24. The van der Waals surface area contributed by atoms with Crippen LogP contribution in [0.5, 0.6) is 5.75 Å². The fourth-order valence-corrected chi connectivity index (χ4v) is 3.05. The van der Waals surface area contributed by atoms with E-state index in [9.17, 15) is 4.79 Å². The fraction of sp³-hybridized carbons (Fsp3) is 0.588. The minimum atomic E-state index is 0.207. The monoisotopic (exact) mass is 260 g/mol. The zero-order valence-electron chi connectivity index (χ0n) is 12.4. The molecule has 2 heteroatoms. The molecule has 1 saturated carbocycles. The molecule has 0 N–H and O–H groups in total. The number of methoxy groups -OCH3 is 1. The second-order valence-corrected chi connectivity index (χ2v) is 6.01. The molecule has 0 aliphatic heterocycles. The molecule has 1 aromatic rings. The molecule has 0 aromatic heterocycles. The third kappa shape index (κ3) is 2.99. The minimum Gasteiger partial charge on any atom is -0.496 e. The van der Waals surface area contributed by atoms with Crippen LogP contribution in [0.3, 0.4) is 0 Å². The topological polar surface area (TPSA) is 26.3 Å². The van der Waals surface area contributed by atoms with Crippen molar-refractivity contribution in [2.75, 3.05) is 7.11 Å². The van der Waals surface area contributed by atoms with Gasteiger partial charge in [-0.25, -0.2) is 0 Å². The van der Waals surface area contributed by atoms with Crippen molar-refractivity contribution in [1.29, 1.82) is 0 Å². The Kier molecular flexibility index (Phi) is 4.28. The van der Waals surface area contributed by atoms with Gasteiger partial charge in [-0.15, -0.1) is 0 Å². The van der Waals surface area contributed by atoms with Crippen LogP contribution < -0.4 is 4.74 Å². The lowest BCUT2D eigenvalue weighted by Gasteiger charge is -2.31. The van der Waals surface area contributed by atoms with Crippen LogP contribution in [0.15, 0.2) is 18.2 Å². The molecule has 104 valence electrons. The minimum absolute atomic E-state index is 0.207. The van der Waals surface area contributed by atoms with Crippen molar-refractivity contribution >= 4 is 5.78 Å². The van der Waals surface area contributed by atoms with E-state index in [0.29, 0.717) is 11.7 Å². The molecule has 0 bridgehead atoms. The van der Waals surface area contributed by atoms with Crippen molar-refractivity contribution in [3.63, 3.8) is 0 Å². The highest BCUT2D eigenvalue weighted by atomic mass is 16.5. The lowest BCUT2D eigenvalue weighted by atomic mass is 9.73. The molecule has 1 aromatic carbocycles. The van der Waals surface area contributed by atoms with Gasteiger partial charge in [-0.1, -0.05) is 13.8 Å². The lowest BCUT2D eigenvalue weighted by Crippen LogP contribution is -2.26. The predicted octanol–water partition coefficient (Wildman–Crippen LogP) is 4.26. The van der Waals surface area contributed by atoms with Gasteiger partial charge in [-0.3, -0.25) is 4.79 Å². The van der Waals surface area contributed by atoms with Crippen LogP contribution in [-0.4, -0.2) is 12.9 Å². The number of hydrogen-bond acceptors (Lipinski definition) is 2. The van der Waals surface area contributed by atoms with Gasteiger partial charge in [-0.05, 0) is 61.8 Å². The molecule has 0 saturated heterocycles. The number of benzene rings is 1. The van der Waals surface area contributed by atoms with Crippen molar-refractivity contribution in [1.82, 2.24) is 0 Å². The average molecular weight is 260 g/mol. The number of rotatable bonds is 3. The number of carbonyl (C=O) groups is 1. The summed E-state index contributed by atoms with van der Waals surface area (Å²) in [6, 6.07) is 5.76. The van der Waals surface area contributed by atoms with E-state index >= 15 is 0 Å². The summed E-state index contributed by atoms with van der Waals surface area (Å²) in [6.45, 7) is 6.55. The largest absolute Gasteiger partial charge is 0.496 e. The van der Waals surface area contributed by atoms with E-state index < -0.39 is 0 Å². The molecule has 0 radical (unpaired) electrons. The highest BCUT2D eigenvalue weighted by Gasteiger charge is 2.29. The summed E-state index contributed by atoms with van der Waals surface area (Å²) in [5.74, 6) is 2.77. The van der Waals surface area contributed by atoms with Gasteiger partial charge in [0.15, 0.2) is 5.78 Å². The molecule has 1 fully saturated rings. The second kappa shape index (κ2) is 5.77. The highest BCUT2D eigenvalue weighted by molar-refractivity contribution is 5.98. The van der Waals surface area contributed by atoms with Crippen LogP contribution in [-0.2, 0) is 0 Å². The number of aryl methyl sites for hydroxylation is 1. The maximum absolute atomic E-state index is 12.6. The molecule has 3 unspecified atom stereocenters. The quantitative estimate of drug-likeness (QED) is 0.759. The first-order chi connectivity index (χ1) is 9.02. The van der Waals surface area contributed by atoms with Crippen LogP contribution in [0.4, 0.5) is 0 Å². The predicted molar refractivity (Wildman–Crippen MR) is 77.7 cm³/mol. The summed E-state index contributed by atoms with van der Waals surface area (Å²) >= 11 is 0. The Morgan fingerprint density at radius 1 is 1.21 bits per heavy atom. The first-order valence-electron chi connectivity index (χ1n) is 7.21. The summed E-state index contributed by atoms with van der Waals surface area (Å²) in [5, 5.41) is 0. The molecule has 1 aliphatic carbocycles. The Morgan fingerprint density at radius 2 is 1.95 bits per heavy atom. The normalized spacial score (nSPS) is 27.1. The maximum atomic E-state index is 12.6. The number of hydrogen-bond donors (Lipinski definition) is 0. The third-order valence-electron chi connectivity index (χ3n) is 4.65. The van der Waals surface area contributed by atoms with E-state index in [2.05, 4.69) is 13.8 Å². The van der Waals surface area contributed by atoms with Gasteiger partial charge in [0, 0.05) is 11.5 Å². The van der Waals surface area contributed by atoms with Gasteiger partial charge in [0.2, 0.25) is 0 Å². The molecular formula is C17H24O2. The molecule has 2 rings (SSSR count). The van der Waals surface area contributed by atoms with E-state index in [0.717, 1.165) is 35.6 Å². The second-order valence-electron chi connectivity index (χ2n) is 6.01. The van der Waals surface area contributed by atoms with Crippen LogP contribution >= 0.6 is 0 Å². The first kappa shape index (κ1) is 14.1. The van der Waals surface area contributed by atoms with E-state index in [4.69, 9.17) is 4.74 Å². The molecule has 0 spiro atoms. The zero-order chi connectivity index (χ0) is 14.0. The molecule has 19 heavy (non-hydrogen) atoms. The van der Waals surface area contributed by atoms with Crippen molar-refractivity contribution in [3.8, 4) is 5.75 Å². The van der Waals surface area contributed by atoms with Gasteiger partial charge in [-0.2, -0.15) is 0 Å². The van der Waals surface area contributed by atoms with Gasteiger partial charge >= 0.3 is 0 Å². The van der Waals surface area contributed by atoms with Gasteiger partial charge in [0.25, 0.3) is 0 Å². The molecule has 0 heterocycles. The van der Waals surface area contributed by atoms with Crippen molar-refractivity contribution in [2.24, 2.45) is 17.8 Å². The molecular weight excluding hydrogens is 236 g/mol. The smallest absolute Gasteiger partial charge is 0.165 e. The fourth-order valence-electron chi connectivity index (χ4n) is 3.05. The molecule has 3 atom stereocenters. The summed E-state index contributed by atoms with van der Waals surface area (Å²) in [4.78, 5) is 12.6. The standard InChI is InChI=1S/C17H24O2/c1-11-5-6-14(9-12(11)2)17(18)15-7-8-16(19-4)13(3)10-15/h7-8,10-12,14H,5-6,9H2,1-4H3. The SMILES string of the molecule is COc1ccc(C(=O)C2CCC(C)C(C)C2)cc1C. The lowest BCUT2D eigenvalue weighted by molar-refractivity contribution is 0.0837. The Labute approximate surface area is 116 Å². The summed E-state index contributed by atoms with van der Waals surface area (Å²) in [7, 11) is 1.66. The van der Waals surface area contributed by atoms with Crippen LogP contribution in [0.25, 0.3) is 0 Å². The molecule has 0 amide bonds. The van der Waals surface area contributed by atoms with Gasteiger partial charge in [0.1, 0.15) is 5.75 Å². The van der Waals surface area contributed by atoms with Gasteiger partial charge in [0.05, 0.1) is 7.11 Å². The Hall–Kier alpha value is -1.31. The summed E-state index contributed by atoms with van der Waals surface area (Å²) < 4.78 is 5.25. The average Bonchev–Trinajstić information content (AvgIpc) is 2.41. The van der Waals surface area contributed by atoms with Crippen LogP contribution in [0.1, 0.15) is 49.0 Å². The molecule has 2 nitrogen and oxygen atoms in total. The number of carbonyl (C=O) groups excluding carboxylic acids is 1. The first-order valence-corrected chi connectivity index (χ1v) is 7.21. The van der Waals surface area contributed by atoms with E-state index in [1.165, 1.54) is 6.42 Å². The van der Waals surface area contributed by atoms with Crippen LogP contribution in [0.2, 0.25) is 0 Å². The Morgan fingerprint density at radius 3 is 2.53 bits per heavy atom. The Bertz CT molecular complexity index is 464. The van der Waals surface area contributed by atoms with Crippen molar-refractivity contribution in [3.05, 3.63) is 29.3 Å². The number of Topliss-reactive ketones (excluding diaryl/α,β-unsaturated/α-hetero) is 1. The number of ketones is 1. The third-order valence-corrected chi connectivity index (χ3v) is 4.65. The van der Waals surface area contributed by atoms with Crippen molar-refractivity contribution in [2.45, 2.75) is 40.0 Å². The van der Waals surface area contributed by atoms with Crippen LogP contribution in [0, 0.1) is 24.7 Å². The molecule has 1 aliphatic rings. The number of ether oxygens (including phenoxy) is 1. The van der Waals surface area contributed by atoms with E-state index in [1.54, 1.807) is 7.11 Å². The highest BCUT2D eigenvalue weighted by Crippen LogP contribution is 2.35.